The molecule has 1 aromatic rings. The number of carbonyl (C=O) groups excluding carboxylic acids is 2. The lowest BCUT2D eigenvalue weighted by Crippen LogP contribution is -2.32. The molecule has 1 heterocycles. The summed E-state index contributed by atoms with van der Waals surface area (Å²) in [5.41, 5.74) is 0.364. The van der Waals surface area contributed by atoms with Crippen LogP contribution in [0.4, 0.5) is 0 Å². The van der Waals surface area contributed by atoms with Crippen molar-refractivity contribution in [2.75, 3.05) is 0 Å². The maximum Gasteiger partial charge on any atom is 0.306 e. The van der Waals surface area contributed by atoms with Crippen molar-refractivity contribution >= 4 is 11.8 Å². The van der Waals surface area contributed by atoms with Gasteiger partial charge in [-0.15, -0.1) is 0 Å². The van der Waals surface area contributed by atoms with Crippen LogP contribution >= 0.6 is 0 Å². The Bertz CT molecular complexity index is 619. The van der Waals surface area contributed by atoms with Crippen molar-refractivity contribution in [2.45, 2.75) is 60.5 Å². The Morgan fingerprint density at radius 1 is 1.30 bits per heavy atom. The molecule has 1 rings (SSSR count). The first-order valence-electron chi connectivity index (χ1n) is 7.81. The van der Waals surface area contributed by atoms with Crippen molar-refractivity contribution < 1.29 is 14.3 Å². The fourth-order valence-electron chi connectivity index (χ4n) is 2.12. The molecule has 126 valence electrons. The van der Waals surface area contributed by atoms with Gasteiger partial charge < -0.3 is 9.72 Å². The summed E-state index contributed by atoms with van der Waals surface area (Å²) in [5, 5.41) is 9.41. The molecule has 0 amide bonds. The first-order chi connectivity index (χ1) is 10.5. The largest absolute Gasteiger partial charge is 0.456 e. The van der Waals surface area contributed by atoms with Gasteiger partial charge in [0.05, 0.1) is 22.9 Å². The van der Waals surface area contributed by atoms with Gasteiger partial charge in [0.2, 0.25) is 0 Å². The molecule has 23 heavy (non-hydrogen) atoms. The van der Waals surface area contributed by atoms with E-state index in [1.165, 1.54) is 6.92 Å². The summed E-state index contributed by atoms with van der Waals surface area (Å²) in [6.07, 6.45) is 0.173. The molecular formula is C18H26N2O3. The molecule has 0 aliphatic carbocycles. The maximum absolute atomic E-state index is 12.0. The smallest absolute Gasteiger partial charge is 0.306 e. The number of ether oxygens (including phenoxy) is 1. The first-order valence-corrected chi connectivity index (χ1v) is 7.81. The van der Waals surface area contributed by atoms with E-state index in [4.69, 9.17) is 4.74 Å². The lowest BCUT2D eigenvalue weighted by Gasteiger charge is -2.35. The van der Waals surface area contributed by atoms with E-state index in [0.29, 0.717) is 17.8 Å². The molecule has 0 bridgehead atoms. The fraction of sp³-hybridized carbons (Fsp3) is 0.611. The zero-order valence-electron chi connectivity index (χ0n) is 14.8. The van der Waals surface area contributed by atoms with E-state index in [-0.39, 0.29) is 23.6 Å². The zero-order valence-corrected chi connectivity index (χ0v) is 14.8. The van der Waals surface area contributed by atoms with E-state index in [9.17, 15) is 14.9 Å². The Hall–Kier alpha value is -2.09. The third-order valence-electron chi connectivity index (χ3n) is 4.57. The highest BCUT2D eigenvalue weighted by Gasteiger charge is 2.38. The van der Waals surface area contributed by atoms with Crippen LogP contribution < -0.4 is 0 Å². The van der Waals surface area contributed by atoms with Gasteiger partial charge in [0.15, 0.2) is 5.78 Å². The molecule has 1 N–H and O–H groups in total. The second-order valence-corrected chi connectivity index (χ2v) is 7.21. The van der Waals surface area contributed by atoms with E-state index in [1.54, 1.807) is 19.1 Å². The Morgan fingerprint density at radius 3 is 2.35 bits per heavy atom. The van der Waals surface area contributed by atoms with Crippen molar-refractivity contribution in [1.82, 2.24) is 4.98 Å². The quantitative estimate of drug-likeness (QED) is 0.630. The maximum atomic E-state index is 12.0. The van der Waals surface area contributed by atoms with Crippen LogP contribution in [0.25, 0.3) is 0 Å². The minimum Gasteiger partial charge on any atom is -0.456 e. The van der Waals surface area contributed by atoms with E-state index in [1.807, 2.05) is 27.7 Å². The second-order valence-electron chi connectivity index (χ2n) is 7.21. The molecule has 0 aromatic carbocycles. The van der Waals surface area contributed by atoms with Crippen molar-refractivity contribution in [3.05, 3.63) is 23.5 Å². The van der Waals surface area contributed by atoms with E-state index in [0.717, 1.165) is 0 Å². The summed E-state index contributed by atoms with van der Waals surface area (Å²) in [7, 11) is 0. The molecular weight excluding hydrogens is 292 g/mol. The third-order valence-corrected chi connectivity index (χ3v) is 4.57. The number of esters is 1. The zero-order chi connectivity index (χ0) is 17.8. The van der Waals surface area contributed by atoms with Crippen molar-refractivity contribution in [2.24, 2.45) is 10.8 Å². The van der Waals surface area contributed by atoms with Gasteiger partial charge in [0.25, 0.3) is 0 Å². The lowest BCUT2D eigenvalue weighted by atomic mass is 9.66. The highest BCUT2D eigenvalue weighted by molar-refractivity contribution is 5.92. The molecule has 0 spiro atoms. The molecule has 5 heteroatoms. The minimum atomic E-state index is -0.594. The number of nitrogens with one attached hydrogen (secondary N) is 1. The molecule has 2 atom stereocenters. The van der Waals surface area contributed by atoms with Gasteiger partial charge in [0, 0.05) is 13.3 Å². The second kappa shape index (κ2) is 6.99. The number of carbonyl (C=O) groups is 2. The number of aromatic amines is 1. The summed E-state index contributed by atoms with van der Waals surface area (Å²) in [5.74, 6) is -0.410. The summed E-state index contributed by atoms with van der Waals surface area (Å²) < 4.78 is 5.39. The van der Waals surface area contributed by atoms with Crippen molar-refractivity contribution in [3.8, 4) is 6.07 Å². The number of ketones is 1. The molecule has 0 radical (unpaired) electrons. The van der Waals surface area contributed by atoms with Gasteiger partial charge in [-0.2, -0.15) is 5.26 Å². The highest BCUT2D eigenvalue weighted by atomic mass is 16.5. The standard InChI is InChI=1S/C18H26N2O3/c1-12(21)14-7-8-15(20-14)13(2)23-16(22)9-10-18(6,11-19)17(3,4)5/h7-8,13,20H,9-10H2,1-6H3. The summed E-state index contributed by atoms with van der Waals surface area (Å²) in [4.78, 5) is 26.3. The van der Waals surface area contributed by atoms with Gasteiger partial charge >= 0.3 is 5.97 Å². The molecule has 0 fully saturated rings. The number of rotatable bonds is 6. The first kappa shape index (κ1) is 19.0. The number of Topliss-reactive ketones (excluding diaryl/α,β-unsaturated/α-hetero) is 1. The van der Waals surface area contributed by atoms with E-state index in [2.05, 4.69) is 11.1 Å². The average molecular weight is 318 g/mol. The molecule has 1 aromatic heterocycles. The van der Waals surface area contributed by atoms with Crippen molar-refractivity contribution in [1.29, 1.82) is 5.26 Å². The Balaban J connectivity index is 2.63. The average Bonchev–Trinajstić information content (AvgIpc) is 2.93. The number of nitrogens with zero attached hydrogens (tertiary/aromatic N) is 1. The summed E-state index contributed by atoms with van der Waals surface area (Å²) in [6.45, 7) is 11.1. The van der Waals surface area contributed by atoms with Gasteiger partial charge in [-0.05, 0) is 37.8 Å². The number of nitriles is 1. The summed E-state index contributed by atoms with van der Waals surface area (Å²) >= 11 is 0. The monoisotopic (exact) mass is 318 g/mol. The van der Waals surface area contributed by atoms with Crippen LogP contribution in [0.1, 0.15) is 76.7 Å². The number of hydrogen-bond donors (Lipinski definition) is 1. The van der Waals surface area contributed by atoms with Crippen LogP contribution in [-0.4, -0.2) is 16.7 Å². The summed E-state index contributed by atoms with van der Waals surface area (Å²) in [6, 6.07) is 5.74. The Labute approximate surface area is 138 Å². The van der Waals surface area contributed by atoms with Gasteiger partial charge in [-0.3, -0.25) is 9.59 Å². The van der Waals surface area contributed by atoms with E-state index < -0.39 is 11.5 Å². The predicted octanol–water partition coefficient (Wildman–Crippen LogP) is 4.18. The number of H-pyrrole nitrogens is 1. The molecule has 5 nitrogen and oxygen atoms in total. The van der Waals surface area contributed by atoms with Crippen LogP contribution in [0.3, 0.4) is 0 Å². The fourth-order valence-corrected chi connectivity index (χ4v) is 2.12. The molecule has 0 saturated heterocycles. The number of aromatic nitrogens is 1. The van der Waals surface area contributed by atoms with Gasteiger partial charge in [-0.25, -0.2) is 0 Å². The Kier molecular flexibility index (Phi) is 5.76. The van der Waals surface area contributed by atoms with Crippen LogP contribution in [-0.2, 0) is 9.53 Å². The molecule has 0 saturated carbocycles. The Morgan fingerprint density at radius 2 is 1.91 bits per heavy atom. The van der Waals surface area contributed by atoms with Crippen LogP contribution in [0.15, 0.2) is 12.1 Å². The van der Waals surface area contributed by atoms with Crippen molar-refractivity contribution in [3.63, 3.8) is 0 Å². The van der Waals surface area contributed by atoms with Crippen LogP contribution in [0.2, 0.25) is 0 Å². The van der Waals surface area contributed by atoms with Gasteiger partial charge in [0.1, 0.15) is 6.10 Å². The third kappa shape index (κ3) is 4.69. The van der Waals surface area contributed by atoms with Crippen LogP contribution in [0.5, 0.6) is 0 Å². The molecule has 2 unspecified atom stereocenters. The molecule has 0 aliphatic heterocycles. The molecule has 0 aliphatic rings. The van der Waals surface area contributed by atoms with Crippen LogP contribution in [0, 0.1) is 22.2 Å². The topological polar surface area (TPSA) is 82.9 Å². The lowest BCUT2D eigenvalue weighted by molar-refractivity contribution is -0.149. The van der Waals surface area contributed by atoms with E-state index >= 15 is 0 Å². The normalized spacial score (nSPS) is 15.3. The highest BCUT2D eigenvalue weighted by Crippen LogP contribution is 2.41. The predicted molar refractivity (Wildman–Crippen MR) is 87.7 cm³/mol. The number of hydrogen-bond acceptors (Lipinski definition) is 4. The minimum absolute atomic E-state index is 0.0651. The van der Waals surface area contributed by atoms with Gasteiger partial charge in [-0.1, -0.05) is 20.8 Å². The SMILES string of the molecule is CC(=O)c1ccc(C(C)OC(=O)CCC(C)(C#N)C(C)(C)C)[nH]1.